The molecule has 0 bridgehead atoms. The van der Waals surface area contributed by atoms with Crippen LogP contribution in [-0.2, 0) is 4.52 Å². The fourth-order valence-electron chi connectivity index (χ4n) is 1.43. The maximum absolute atomic E-state index is 9.33. The van der Waals surface area contributed by atoms with Gasteiger partial charge in [-0.15, -0.1) is 0 Å². The highest BCUT2D eigenvalue weighted by molar-refractivity contribution is 7.39. The Labute approximate surface area is 86.0 Å². The van der Waals surface area contributed by atoms with Crippen LogP contribution in [0.1, 0.15) is 0 Å². The van der Waals surface area contributed by atoms with Crippen LogP contribution in [0.3, 0.4) is 0 Å². The minimum atomic E-state index is -2.85. The van der Waals surface area contributed by atoms with E-state index in [1.54, 1.807) is 0 Å². The van der Waals surface area contributed by atoms with Gasteiger partial charge < -0.3 is 39.8 Å². The molecule has 9 heteroatoms. The second kappa shape index (κ2) is 4.96. The van der Waals surface area contributed by atoms with E-state index >= 15 is 0 Å². The zero-order valence-corrected chi connectivity index (χ0v) is 8.34. The molecule has 0 saturated heterocycles. The number of rotatable bonds is 2. The average molecular weight is 244 g/mol. The minimum Gasteiger partial charge on any atom is -0.387 e. The molecule has 0 heterocycles. The molecule has 0 aromatic heterocycles. The summed E-state index contributed by atoms with van der Waals surface area (Å²) < 4.78 is 4.35. The fraction of sp³-hybridized carbons (Fsp3) is 1.00. The largest absolute Gasteiger partial charge is 0.387 e. The lowest BCUT2D eigenvalue weighted by Gasteiger charge is -2.41. The highest BCUT2D eigenvalue weighted by atomic mass is 31.2. The summed E-state index contributed by atoms with van der Waals surface area (Å²) in [5, 5.41) is 46.2. The molecule has 0 amide bonds. The van der Waals surface area contributed by atoms with E-state index in [1.165, 1.54) is 0 Å². The van der Waals surface area contributed by atoms with E-state index in [1.807, 2.05) is 0 Å². The predicted molar refractivity (Wildman–Crippen MR) is 46.3 cm³/mol. The third-order valence-corrected chi connectivity index (χ3v) is 2.72. The first-order chi connectivity index (χ1) is 6.86. The van der Waals surface area contributed by atoms with Gasteiger partial charge in [0.1, 0.15) is 36.6 Å². The maximum Gasteiger partial charge on any atom is 0.327 e. The third kappa shape index (κ3) is 2.62. The lowest BCUT2D eigenvalue weighted by molar-refractivity contribution is -0.218. The van der Waals surface area contributed by atoms with Crippen molar-refractivity contribution in [2.75, 3.05) is 0 Å². The van der Waals surface area contributed by atoms with E-state index in [2.05, 4.69) is 4.52 Å². The summed E-state index contributed by atoms with van der Waals surface area (Å²) in [6.45, 7) is 0. The minimum absolute atomic E-state index is 1.57. The Hall–Kier alpha value is 0.110. The van der Waals surface area contributed by atoms with E-state index in [9.17, 15) is 20.4 Å². The first-order valence-corrected chi connectivity index (χ1v) is 5.27. The van der Waals surface area contributed by atoms with Gasteiger partial charge in [0.2, 0.25) is 0 Å². The van der Waals surface area contributed by atoms with Crippen LogP contribution < -0.4 is 0 Å². The van der Waals surface area contributed by atoms with Gasteiger partial charge in [-0.2, -0.15) is 0 Å². The Morgan fingerprint density at radius 3 is 1.33 bits per heavy atom. The fourth-order valence-corrected chi connectivity index (χ4v) is 1.90. The third-order valence-electron chi connectivity index (χ3n) is 2.29. The van der Waals surface area contributed by atoms with Crippen molar-refractivity contribution in [3.63, 3.8) is 0 Å². The molecular formula is C6H13O8P. The molecule has 7 N–H and O–H groups in total. The normalized spacial score (nSPS) is 47.2. The quantitative estimate of drug-likeness (QED) is 0.246. The van der Waals surface area contributed by atoms with Gasteiger partial charge in [-0.1, -0.05) is 0 Å². The van der Waals surface area contributed by atoms with Crippen molar-refractivity contribution in [1.29, 1.82) is 0 Å². The van der Waals surface area contributed by atoms with Gasteiger partial charge in [-0.25, -0.2) is 0 Å². The van der Waals surface area contributed by atoms with E-state index in [-0.39, 0.29) is 0 Å². The van der Waals surface area contributed by atoms with Crippen molar-refractivity contribution >= 4 is 8.60 Å². The zero-order valence-electron chi connectivity index (χ0n) is 7.45. The molecule has 90 valence electrons. The van der Waals surface area contributed by atoms with Crippen molar-refractivity contribution in [2.24, 2.45) is 0 Å². The molecule has 6 atom stereocenters. The molecule has 1 saturated carbocycles. The monoisotopic (exact) mass is 244 g/mol. The van der Waals surface area contributed by atoms with Gasteiger partial charge in [0.05, 0.1) is 0 Å². The summed E-state index contributed by atoms with van der Waals surface area (Å²) in [6.07, 6.45) is -10.2. The second-order valence-corrected chi connectivity index (χ2v) is 3.99. The summed E-state index contributed by atoms with van der Waals surface area (Å²) in [5.74, 6) is 0. The van der Waals surface area contributed by atoms with Crippen molar-refractivity contribution in [2.45, 2.75) is 36.6 Å². The van der Waals surface area contributed by atoms with Gasteiger partial charge in [0, 0.05) is 0 Å². The number of hydrogen-bond donors (Lipinski definition) is 7. The summed E-state index contributed by atoms with van der Waals surface area (Å²) in [4.78, 5) is 17.1. The van der Waals surface area contributed by atoms with Crippen LogP contribution in [0.15, 0.2) is 0 Å². The molecule has 15 heavy (non-hydrogen) atoms. The molecule has 0 aliphatic heterocycles. The lowest BCUT2D eigenvalue weighted by Crippen LogP contribution is -2.63. The lowest BCUT2D eigenvalue weighted by atomic mass is 9.85. The van der Waals surface area contributed by atoms with Crippen LogP contribution in [0.5, 0.6) is 0 Å². The standard InChI is InChI=1S/C6H13O8P/c7-1-2(8)4(10)6(14-15(12)13)5(11)3(1)9/h1-13H/t1?,2-,3+,4-,5-,6?/m0/s1. The molecule has 1 aliphatic carbocycles. The summed E-state index contributed by atoms with van der Waals surface area (Å²) in [7, 11) is -2.85. The van der Waals surface area contributed by atoms with Crippen molar-refractivity contribution in [3.8, 4) is 0 Å². The van der Waals surface area contributed by atoms with Crippen LogP contribution >= 0.6 is 8.60 Å². The summed E-state index contributed by atoms with van der Waals surface area (Å²) in [6, 6.07) is 0. The Bertz CT molecular complexity index is 197. The molecule has 0 aromatic carbocycles. The van der Waals surface area contributed by atoms with E-state index in [0.29, 0.717) is 0 Å². The van der Waals surface area contributed by atoms with Crippen LogP contribution in [0.4, 0.5) is 0 Å². The van der Waals surface area contributed by atoms with Gasteiger partial charge in [0.15, 0.2) is 0 Å². The molecular weight excluding hydrogens is 231 g/mol. The topological polar surface area (TPSA) is 151 Å². The Kier molecular flexibility index (Phi) is 4.36. The van der Waals surface area contributed by atoms with E-state index in [0.717, 1.165) is 0 Å². The van der Waals surface area contributed by atoms with Crippen LogP contribution in [0, 0.1) is 0 Å². The smallest absolute Gasteiger partial charge is 0.327 e. The highest BCUT2D eigenvalue weighted by Crippen LogP contribution is 2.34. The molecule has 8 nitrogen and oxygen atoms in total. The molecule has 0 spiro atoms. The van der Waals surface area contributed by atoms with Crippen LogP contribution in [0.25, 0.3) is 0 Å². The molecule has 1 rings (SSSR count). The van der Waals surface area contributed by atoms with E-state index in [4.69, 9.17) is 14.9 Å². The summed E-state index contributed by atoms with van der Waals surface area (Å²) >= 11 is 0. The van der Waals surface area contributed by atoms with Crippen molar-refractivity contribution in [1.82, 2.24) is 0 Å². The zero-order chi connectivity index (χ0) is 11.7. The van der Waals surface area contributed by atoms with Gasteiger partial charge in [-0.05, 0) is 0 Å². The number of aliphatic hydroxyl groups is 5. The van der Waals surface area contributed by atoms with Crippen molar-refractivity contribution in [3.05, 3.63) is 0 Å². The Morgan fingerprint density at radius 1 is 0.667 bits per heavy atom. The first kappa shape index (κ1) is 13.2. The van der Waals surface area contributed by atoms with Gasteiger partial charge in [-0.3, -0.25) is 0 Å². The maximum atomic E-state index is 9.33. The molecule has 1 fully saturated rings. The van der Waals surface area contributed by atoms with Gasteiger partial charge in [0.25, 0.3) is 0 Å². The number of hydrogen-bond acceptors (Lipinski definition) is 8. The molecule has 2 unspecified atom stereocenters. The summed E-state index contributed by atoms with van der Waals surface area (Å²) in [5.41, 5.74) is 0. The van der Waals surface area contributed by atoms with E-state index < -0.39 is 45.2 Å². The van der Waals surface area contributed by atoms with Crippen molar-refractivity contribution < 1.29 is 39.8 Å². The molecule has 0 aromatic rings. The van der Waals surface area contributed by atoms with Crippen LogP contribution in [0.2, 0.25) is 0 Å². The van der Waals surface area contributed by atoms with Gasteiger partial charge >= 0.3 is 8.60 Å². The average Bonchev–Trinajstić information content (AvgIpc) is 2.18. The Morgan fingerprint density at radius 2 is 1.00 bits per heavy atom. The second-order valence-electron chi connectivity index (χ2n) is 3.28. The number of aliphatic hydroxyl groups excluding tert-OH is 5. The first-order valence-electron chi connectivity index (χ1n) is 4.11. The SMILES string of the molecule is OC1[C@@H](O)[C@H](O)C(OP(O)O)[C@@H](O)[C@H]1O. The van der Waals surface area contributed by atoms with Crippen LogP contribution in [-0.4, -0.2) is 71.9 Å². The molecule has 1 aliphatic rings. The molecule has 0 radical (unpaired) electrons. The predicted octanol–water partition coefficient (Wildman–Crippen LogP) is -3.60. The highest BCUT2D eigenvalue weighted by Gasteiger charge is 2.49. The Balaban J connectivity index is 2.77.